The van der Waals surface area contributed by atoms with E-state index in [0.717, 1.165) is 11.1 Å². The highest BCUT2D eigenvalue weighted by molar-refractivity contribution is 6.04. The number of hydrogen-bond donors (Lipinski definition) is 4. The molecule has 0 spiro atoms. The number of nitrogens with one attached hydrogen (secondary N) is 4. The fourth-order valence-electron chi connectivity index (χ4n) is 3.42. The van der Waals surface area contributed by atoms with E-state index >= 15 is 0 Å². The Morgan fingerprint density at radius 3 is 2.47 bits per heavy atom. The molecule has 0 unspecified atom stereocenters. The van der Waals surface area contributed by atoms with E-state index in [1.54, 1.807) is 6.07 Å². The Hall–Kier alpha value is -4.44. The van der Waals surface area contributed by atoms with Crippen LogP contribution < -0.4 is 21.9 Å². The summed E-state index contributed by atoms with van der Waals surface area (Å²) in [6.07, 6.45) is 0. The summed E-state index contributed by atoms with van der Waals surface area (Å²) in [7, 11) is 1.50. The van der Waals surface area contributed by atoms with Gasteiger partial charge < -0.3 is 15.4 Å². The van der Waals surface area contributed by atoms with Gasteiger partial charge in [0, 0.05) is 19.2 Å². The number of benzene rings is 2. The number of aromatic nitrogens is 4. The minimum atomic E-state index is -0.655. The molecule has 0 saturated carbocycles. The van der Waals surface area contributed by atoms with Gasteiger partial charge in [-0.2, -0.15) is 5.10 Å². The van der Waals surface area contributed by atoms with Crippen molar-refractivity contribution in [2.75, 3.05) is 24.4 Å². The largest absolute Gasteiger partial charge is 0.383 e. The molecule has 1 amide bonds. The van der Waals surface area contributed by atoms with Gasteiger partial charge in [-0.05, 0) is 11.6 Å². The molecular formula is C24H24N6O4. The summed E-state index contributed by atoms with van der Waals surface area (Å²) in [6.45, 7) is 0.645. The number of H-pyrrole nitrogens is 2. The standard InChI is InChI=1S/C24H24N6O4/c1-34-13-12-30-21(20(23(32)27-24(30)33)25-15-16-8-4-2-5-9-16)26-22(31)19-14-18(28-29-19)17-10-6-3-7-11-17/h2-11,14,25H,12-13,15H2,1H3,(H,26,31)(H,28,29)(H,27,32,33). The van der Waals surface area contributed by atoms with Crippen molar-refractivity contribution >= 4 is 17.4 Å². The van der Waals surface area contributed by atoms with E-state index in [4.69, 9.17) is 4.74 Å². The molecule has 10 heteroatoms. The van der Waals surface area contributed by atoms with Gasteiger partial charge >= 0.3 is 5.69 Å². The molecular weight excluding hydrogens is 436 g/mol. The summed E-state index contributed by atoms with van der Waals surface area (Å²) in [5.41, 5.74) is 1.31. The first-order chi connectivity index (χ1) is 16.6. The maximum absolute atomic E-state index is 13.1. The Labute approximate surface area is 194 Å². The fraction of sp³-hybridized carbons (Fsp3) is 0.167. The second kappa shape index (κ2) is 10.5. The van der Waals surface area contributed by atoms with Crippen LogP contribution >= 0.6 is 0 Å². The molecule has 174 valence electrons. The molecule has 0 aliphatic heterocycles. The molecule has 0 saturated heterocycles. The average Bonchev–Trinajstić information content (AvgIpc) is 3.35. The lowest BCUT2D eigenvalue weighted by atomic mass is 10.1. The smallest absolute Gasteiger partial charge is 0.330 e. The molecule has 0 aliphatic rings. The number of amides is 1. The SMILES string of the molecule is COCCn1c(NC(=O)c2cc(-c3ccccc3)n[nH]2)c(NCc2ccccc2)c(=O)[nH]c1=O. The Kier molecular flexibility index (Phi) is 6.99. The first kappa shape index (κ1) is 22.7. The van der Waals surface area contributed by atoms with Crippen LogP contribution in [0.5, 0.6) is 0 Å². The van der Waals surface area contributed by atoms with Gasteiger partial charge in [-0.1, -0.05) is 60.7 Å². The van der Waals surface area contributed by atoms with Crippen molar-refractivity contribution in [1.82, 2.24) is 19.7 Å². The summed E-state index contributed by atoms with van der Waals surface area (Å²) in [4.78, 5) is 40.6. The molecule has 4 rings (SSSR count). The van der Waals surface area contributed by atoms with Crippen LogP contribution in [0.2, 0.25) is 0 Å². The Morgan fingerprint density at radius 2 is 1.76 bits per heavy atom. The van der Waals surface area contributed by atoms with Crippen molar-refractivity contribution in [2.24, 2.45) is 0 Å². The van der Waals surface area contributed by atoms with Crippen LogP contribution in [0.1, 0.15) is 16.1 Å². The Bertz CT molecular complexity index is 1380. The van der Waals surface area contributed by atoms with Crippen LogP contribution in [0.15, 0.2) is 76.3 Å². The average molecular weight is 460 g/mol. The van der Waals surface area contributed by atoms with Crippen LogP contribution in [-0.4, -0.2) is 39.4 Å². The highest BCUT2D eigenvalue weighted by atomic mass is 16.5. The number of anilines is 2. The second-order valence-corrected chi connectivity index (χ2v) is 7.45. The highest BCUT2D eigenvalue weighted by Gasteiger charge is 2.19. The van der Waals surface area contributed by atoms with Crippen LogP contribution in [0.3, 0.4) is 0 Å². The summed E-state index contributed by atoms with van der Waals surface area (Å²) >= 11 is 0. The number of ether oxygens (including phenoxy) is 1. The molecule has 34 heavy (non-hydrogen) atoms. The third-order valence-electron chi connectivity index (χ3n) is 5.15. The minimum absolute atomic E-state index is 0.0441. The van der Waals surface area contributed by atoms with Gasteiger partial charge in [0.05, 0.1) is 18.8 Å². The van der Waals surface area contributed by atoms with E-state index in [1.807, 2.05) is 60.7 Å². The predicted molar refractivity (Wildman–Crippen MR) is 129 cm³/mol. The summed E-state index contributed by atoms with van der Waals surface area (Å²) < 4.78 is 6.35. The van der Waals surface area contributed by atoms with Crippen LogP contribution in [0.25, 0.3) is 11.3 Å². The number of carbonyl (C=O) groups is 1. The zero-order valence-corrected chi connectivity index (χ0v) is 18.5. The lowest BCUT2D eigenvalue weighted by molar-refractivity contribution is 0.102. The monoisotopic (exact) mass is 460 g/mol. The predicted octanol–water partition coefficient (Wildman–Crippen LogP) is 2.44. The second-order valence-electron chi connectivity index (χ2n) is 7.45. The van der Waals surface area contributed by atoms with Crippen molar-refractivity contribution in [2.45, 2.75) is 13.1 Å². The number of aromatic amines is 2. The zero-order chi connectivity index (χ0) is 23.9. The molecule has 0 bridgehead atoms. The number of methoxy groups -OCH3 is 1. The first-order valence-corrected chi connectivity index (χ1v) is 10.6. The van der Waals surface area contributed by atoms with Gasteiger partial charge in [0.15, 0.2) is 0 Å². The third-order valence-corrected chi connectivity index (χ3v) is 5.15. The van der Waals surface area contributed by atoms with Gasteiger partial charge in [0.1, 0.15) is 17.2 Å². The molecule has 4 N–H and O–H groups in total. The molecule has 2 aromatic carbocycles. The van der Waals surface area contributed by atoms with E-state index in [1.165, 1.54) is 11.7 Å². The van der Waals surface area contributed by atoms with Crippen molar-refractivity contribution in [1.29, 1.82) is 0 Å². The van der Waals surface area contributed by atoms with Gasteiger partial charge in [-0.25, -0.2) is 4.79 Å². The molecule has 2 aromatic heterocycles. The topological polar surface area (TPSA) is 134 Å². The van der Waals surface area contributed by atoms with E-state index in [-0.39, 0.29) is 30.4 Å². The van der Waals surface area contributed by atoms with E-state index in [9.17, 15) is 14.4 Å². The molecule has 4 aromatic rings. The minimum Gasteiger partial charge on any atom is -0.383 e. The van der Waals surface area contributed by atoms with Gasteiger partial charge in [0.2, 0.25) is 0 Å². The van der Waals surface area contributed by atoms with E-state index < -0.39 is 17.2 Å². The van der Waals surface area contributed by atoms with Crippen molar-refractivity contribution in [3.8, 4) is 11.3 Å². The van der Waals surface area contributed by atoms with Crippen LogP contribution in [0, 0.1) is 0 Å². The maximum atomic E-state index is 13.1. The molecule has 2 heterocycles. The first-order valence-electron chi connectivity index (χ1n) is 10.6. The van der Waals surface area contributed by atoms with Crippen molar-refractivity contribution in [3.63, 3.8) is 0 Å². The Balaban J connectivity index is 1.67. The highest BCUT2D eigenvalue weighted by Crippen LogP contribution is 2.20. The number of rotatable bonds is 9. The maximum Gasteiger partial charge on any atom is 0.330 e. The summed E-state index contributed by atoms with van der Waals surface area (Å²) in [6, 6.07) is 20.4. The summed E-state index contributed by atoms with van der Waals surface area (Å²) in [5, 5.41) is 12.7. The third kappa shape index (κ3) is 5.13. The number of hydrogen-bond acceptors (Lipinski definition) is 6. The van der Waals surface area contributed by atoms with Crippen molar-refractivity contribution in [3.05, 3.63) is 98.8 Å². The van der Waals surface area contributed by atoms with Gasteiger partial charge in [-0.15, -0.1) is 0 Å². The molecule has 0 fully saturated rings. The van der Waals surface area contributed by atoms with Crippen LogP contribution in [-0.2, 0) is 17.8 Å². The fourth-order valence-corrected chi connectivity index (χ4v) is 3.42. The van der Waals surface area contributed by atoms with Crippen LogP contribution in [0.4, 0.5) is 11.5 Å². The number of carbonyl (C=O) groups excluding carboxylic acids is 1. The van der Waals surface area contributed by atoms with Crippen molar-refractivity contribution < 1.29 is 9.53 Å². The van der Waals surface area contributed by atoms with E-state index in [0.29, 0.717) is 12.2 Å². The summed E-state index contributed by atoms with van der Waals surface area (Å²) in [5.74, 6) is -0.504. The zero-order valence-electron chi connectivity index (χ0n) is 18.5. The van der Waals surface area contributed by atoms with Gasteiger partial charge in [-0.3, -0.25) is 24.2 Å². The molecule has 10 nitrogen and oxygen atoms in total. The lowest BCUT2D eigenvalue weighted by Gasteiger charge is -2.17. The molecule has 0 aliphatic carbocycles. The van der Waals surface area contributed by atoms with E-state index in [2.05, 4.69) is 25.8 Å². The Morgan fingerprint density at radius 1 is 1.06 bits per heavy atom. The lowest BCUT2D eigenvalue weighted by Crippen LogP contribution is -2.36. The molecule has 0 radical (unpaired) electrons. The van der Waals surface area contributed by atoms with Gasteiger partial charge in [0.25, 0.3) is 11.5 Å². The normalized spacial score (nSPS) is 10.7. The quantitative estimate of drug-likeness (QED) is 0.303. The number of nitrogens with zero attached hydrogens (tertiary/aromatic N) is 2. The molecule has 0 atom stereocenters.